The third-order valence-corrected chi connectivity index (χ3v) is 5.12. The van der Waals surface area contributed by atoms with E-state index in [1.165, 1.54) is 0 Å². The minimum Gasteiger partial charge on any atom is -0.496 e. The number of carbonyl (C=O) groups is 1. The number of carbonyl (C=O) groups excluding carboxylic acids is 1. The lowest BCUT2D eigenvalue weighted by Gasteiger charge is -2.29. The van der Waals surface area contributed by atoms with Gasteiger partial charge in [0, 0.05) is 25.0 Å². The van der Waals surface area contributed by atoms with Crippen LogP contribution in [0.4, 0.5) is 0 Å². The van der Waals surface area contributed by atoms with Crippen molar-refractivity contribution in [2.24, 2.45) is 0 Å². The number of likely N-dealkylation sites (N-methyl/N-ethyl adjacent to an activating group) is 1. The van der Waals surface area contributed by atoms with E-state index in [1.807, 2.05) is 35.9 Å². The monoisotopic (exact) mass is 343 g/mol. The van der Waals surface area contributed by atoms with Crippen LogP contribution in [0.1, 0.15) is 30.0 Å². The first-order valence-electron chi connectivity index (χ1n) is 8.56. The maximum atomic E-state index is 12.8. The number of aliphatic hydroxyl groups excluding tert-OH is 1. The standard InChI is InChI=1S/C19H25N3O3/c1-13-4-7-17(25-3)14(10-13)11-18(23)21(2)15-5-6-16(19(15)24)22-9-8-20-12-22/h4,7-10,12,15-16,19,24H,5-6,11H2,1-3H3/t15-,16-,19-/m1/s1. The molecule has 1 amide bonds. The summed E-state index contributed by atoms with van der Waals surface area (Å²) in [7, 11) is 3.38. The Kier molecular flexibility index (Phi) is 5.08. The molecule has 1 heterocycles. The fraction of sp³-hybridized carbons (Fsp3) is 0.474. The van der Waals surface area contributed by atoms with E-state index < -0.39 is 6.10 Å². The van der Waals surface area contributed by atoms with Gasteiger partial charge in [0.15, 0.2) is 0 Å². The van der Waals surface area contributed by atoms with Gasteiger partial charge in [-0.25, -0.2) is 4.98 Å². The van der Waals surface area contributed by atoms with E-state index in [0.29, 0.717) is 0 Å². The van der Waals surface area contributed by atoms with Crippen molar-refractivity contribution in [2.45, 2.75) is 44.4 Å². The second-order valence-corrected chi connectivity index (χ2v) is 6.71. The van der Waals surface area contributed by atoms with E-state index in [2.05, 4.69) is 4.98 Å². The van der Waals surface area contributed by atoms with E-state index in [0.717, 1.165) is 29.7 Å². The molecule has 1 aliphatic rings. The quantitative estimate of drug-likeness (QED) is 0.901. The van der Waals surface area contributed by atoms with Crippen molar-refractivity contribution in [3.8, 4) is 5.75 Å². The van der Waals surface area contributed by atoms with Gasteiger partial charge >= 0.3 is 0 Å². The van der Waals surface area contributed by atoms with E-state index >= 15 is 0 Å². The first-order valence-corrected chi connectivity index (χ1v) is 8.56. The maximum absolute atomic E-state index is 12.8. The third kappa shape index (κ3) is 3.54. The van der Waals surface area contributed by atoms with Gasteiger partial charge in [0.05, 0.1) is 38.0 Å². The number of rotatable bonds is 5. The molecule has 25 heavy (non-hydrogen) atoms. The van der Waals surface area contributed by atoms with Gasteiger partial charge in [-0.05, 0) is 25.8 Å². The summed E-state index contributed by atoms with van der Waals surface area (Å²) >= 11 is 0. The van der Waals surface area contributed by atoms with Crippen LogP contribution in [-0.4, -0.2) is 51.8 Å². The lowest BCUT2D eigenvalue weighted by molar-refractivity contribution is -0.133. The van der Waals surface area contributed by atoms with Crippen molar-refractivity contribution in [1.29, 1.82) is 0 Å². The lowest BCUT2D eigenvalue weighted by atomic mass is 10.1. The van der Waals surface area contributed by atoms with Gasteiger partial charge in [-0.2, -0.15) is 0 Å². The minimum absolute atomic E-state index is 0.0146. The number of hydrogen-bond acceptors (Lipinski definition) is 4. The maximum Gasteiger partial charge on any atom is 0.227 e. The van der Waals surface area contributed by atoms with Crippen LogP contribution in [0.5, 0.6) is 5.75 Å². The smallest absolute Gasteiger partial charge is 0.227 e. The number of imidazole rings is 1. The van der Waals surface area contributed by atoms with Crippen LogP contribution in [0.15, 0.2) is 36.9 Å². The lowest BCUT2D eigenvalue weighted by Crippen LogP contribution is -2.44. The Bertz CT molecular complexity index is 730. The number of nitrogens with zero attached hydrogens (tertiary/aromatic N) is 3. The molecule has 134 valence electrons. The summed E-state index contributed by atoms with van der Waals surface area (Å²) in [5.41, 5.74) is 1.96. The number of methoxy groups -OCH3 is 1. The Hall–Kier alpha value is -2.34. The molecule has 1 aromatic carbocycles. The largest absolute Gasteiger partial charge is 0.496 e. The molecule has 1 aromatic heterocycles. The number of benzene rings is 1. The van der Waals surface area contributed by atoms with Crippen LogP contribution in [0.3, 0.4) is 0 Å². The van der Waals surface area contributed by atoms with Crippen molar-refractivity contribution in [1.82, 2.24) is 14.5 Å². The predicted molar refractivity (Wildman–Crippen MR) is 94.5 cm³/mol. The Morgan fingerprint density at radius 1 is 1.44 bits per heavy atom. The van der Waals surface area contributed by atoms with E-state index in [1.54, 1.807) is 31.6 Å². The van der Waals surface area contributed by atoms with Crippen LogP contribution >= 0.6 is 0 Å². The number of aryl methyl sites for hydroxylation is 1. The van der Waals surface area contributed by atoms with Crippen molar-refractivity contribution in [3.63, 3.8) is 0 Å². The molecule has 0 unspecified atom stereocenters. The molecule has 0 saturated heterocycles. The topological polar surface area (TPSA) is 67.6 Å². The molecule has 0 bridgehead atoms. The highest BCUT2D eigenvalue weighted by atomic mass is 16.5. The van der Waals surface area contributed by atoms with Crippen molar-refractivity contribution < 1.29 is 14.6 Å². The minimum atomic E-state index is -0.595. The number of hydrogen-bond donors (Lipinski definition) is 1. The number of amides is 1. The second-order valence-electron chi connectivity index (χ2n) is 6.71. The summed E-state index contributed by atoms with van der Waals surface area (Å²) in [6.45, 7) is 1.99. The number of aromatic nitrogens is 2. The molecule has 0 spiro atoms. The zero-order valence-electron chi connectivity index (χ0n) is 14.9. The van der Waals surface area contributed by atoms with E-state index in [9.17, 15) is 9.90 Å². The van der Waals surface area contributed by atoms with Gasteiger partial charge in [-0.15, -0.1) is 0 Å². The third-order valence-electron chi connectivity index (χ3n) is 5.12. The Labute approximate surface area is 148 Å². The summed E-state index contributed by atoms with van der Waals surface area (Å²) in [4.78, 5) is 18.5. The van der Waals surface area contributed by atoms with E-state index in [-0.39, 0.29) is 24.4 Å². The zero-order chi connectivity index (χ0) is 18.0. The van der Waals surface area contributed by atoms with Crippen molar-refractivity contribution in [3.05, 3.63) is 48.0 Å². The number of aliphatic hydroxyl groups is 1. The SMILES string of the molecule is COc1ccc(C)cc1CC(=O)N(C)[C@@H]1CC[C@@H](n2ccnc2)[C@@H]1O. The van der Waals surface area contributed by atoms with Gasteiger partial charge in [0.2, 0.25) is 5.91 Å². The van der Waals surface area contributed by atoms with Gasteiger partial charge in [-0.1, -0.05) is 17.7 Å². The van der Waals surface area contributed by atoms with Gasteiger partial charge in [0.25, 0.3) is 0 Å². The van der Waals surface area contributed by atoms with Gasteiger partial charge in [-0.3, -0.25) is 4.79 Å². The zero-order valence-corrected chi connectivity index (χ0v) is 14.9. The highest BCUT2D eigenvalue weighted by Gasteiger charge is 2.39. The van der Waals surface area contributed by atoms with Crippen LogP contribution in [0.2, 0.25) is 0 Å². The van der Waals surface area contributed by atoms with Crippen LogP contribution < -0.4 is 4.74 Å². The predicted octanol–water partition coefficient (Wildman–Crippen LogP) is 1.97. The first-order chi connectivity index (χ1) is 12.0. The molecule has 3 rings (SSSR count). The van der Waals surface area contributed by atoms with Crippen molar-refractivity contribution >= 4 is 5.91 Å². The molecule has 0 aliphatic heterocycles. The molecular formula is C19H25N3O3. The summed E-state index contributed by atoms with van der Waals surface area (Å²) < 4.78 is 7.29. The average Bonchev–Trinajstić information content (AvgIpc) is 3.23. The molecule has 3 atom stereocenters. The fourth-order valence-electron chi connectivity index (χ4n) is 3.67. The molecule has 1 saturated carbocycles. The summed E-state index contributed by atoms with van der Waals surface area (Å²) in [5, 5.41) is 10.7. The molecule has 1 N–H and O–H groups in total. The van der Waals surface area contributed by atoms with E-state index in [4.69, 9.17) is 4.74 Å². The molecule has 6 heteroatoms. The highest BCUT2D eigenvalue weighted by Crippen LogP contribution is 2.33. The highest BCUT2D eigenvalue weighted by molar-refractivity contribution is 5.79. The normalized spacial score (nSPS) is 22.8. The van der Waals surface area contributed by atoms with Gasteiger partial charge < -0.3 is 19.3 Å². The number of ether oxygens (including phenoxy) is 1. The summed E-state index contributed by atoms with van der Waals surface area (Å²) in [6, 6.07) is 5.61. The Balaban J connectivity index is 1.70. The van der Waals surface area contributed by atoms with Crippen LogP contribution in [0, 0.1) is 6.92 Å². The van der Waals surface area contributed by atoms with Gasteiger partial charge in [0.1, 0.15) is 5.75 Å². The molecule has 0 radical (unpaired) electrons. The Morgan fingerprint density at radius 3 is 2.92 bits per heavy atom. The summed E-state index contributed by atoms with van der Waals surface area (Å²) in [6.07, 6.45) is 6.55. The second kappa shape index (κ2) is 7.27. The molecule has 1 aliphatic carbocycles. The molecular weight excluding hydrogens is 318 g/mol. The van der Waals surface area contributed by atoms with Crippen LogP contribution in [0.25, 0.3) is 0 Å². The molecule has 2 aromatic rings. The summed E-state index contributed by atoms with van der Waals surface area (Å²) in [5.74, 6) is 0.704. The fourth-order valence-corrected chi connectivity index (χ4v) is 3.67. The first kappa shape index (κ1) is 17.5. The average molecular weight is 343 g/mol. The molecule has 6 nitrogen and oxygen atoms in total. The van der Waals surface area contributed by atoms with Crippen molar-refractivity contribution in [2.75, 3.05) is 14.2 Å². The Morgan fingerprint density at radius 2 is 2.24 bits per heavy atom. The molecule has 1 fully saturated rings. The van der Waals surface area contributed by atoms with Crippen LogP contribution in [-0.2, 0) is 11.2 Å².